The number of hydrogen-bond donors (Lipinski definition) is 1. The van der Waals surface area contributed by atoms with Crippen molar-refractivity contribution in [3.63, 3.8) is 0 Å². The summed E-state index contributed by atoms with van der Waals surface area (Å²) in [5, 5.41) is 10.1. The third-order valence-electron chi connectivity index (χ3n) is 4.01. The van der Waals surface area contributed by atoms with Crippen molar-refractivity contribution in [2.45, 2.75) is 12.6 Å². The van der Waals surface area contributed by atoms with E-state index in [4.69, 9.17) is 9.47 Å². The number of para-hydroxylation sites is 1. The van der Waals surface area contributed by atoms with Gasteiger partial charge in [0.05, 0.1) is 19.4 Å². The van der Waals surface area contributed by atoms with Gasteiger partial charge in [-0.3, -0.25) is 14.5 Å². The maximum absolute atomic E-state index is 11.6. The fourth-order valence-electron chi connectivity index (χ4n) is 2.61. The molecule has 6 nitrogen and oxygen atoms in total. The molecule has 2 aromatic carbocycles. The molecule has 0 radical (unpaired) electrons. The lowest BCUT2D eigenvalue weighted by molar-refractivity contribution is -0.125. The van der Waals surface area contributed by atoms with E-state index in [2.05, 4.69) is 0 Å². The Bertz CT molecular complexity index is 777. The quantitative estimate of drug-likeness (QED) is 0.804. The molecule has 3 rings (SSSR count). The topological polar surface area (TPSA) is 76.1 Å². The van der Waals surface area contributed by atoms with Crippen LogP contribution in [-0.4, -0.2) is 40.6 Å². The van der Waals surface area contributed by atoms with Gasteiger partial charge in [0.15, 0.2) is 0 Å². The number of amides is 2. The normalized spacial score (nSPS) is 15.2. The van der Waals surface area contributed by atoms with E-state index in [1.165, 1.54) is 4.90 Å². The Labute approximate surface area is 155 Å². The molecule has 2 amide bonds. The molecule has 1 unspecified atom stereocenters. The molecule has 7 heteroatoms. The second-order valence-corrected chi connectivity index (χ2v) is 6.67. The summed E-state index contributed by atoms with van der Waals surface area (Å²) in [5.41, 5.74) is 1.50. The average Bonchev–Trinajstić information content (AvgIpc) is 2.99. The molecule has 0 aromatic heterocycles. The molecule has 0 spiro atoms. The van der Waals surface area contributed by atoms with Crippen molar-refractivity contribution < 1.29 is 24.2 Å². The van der Waals surface area contributed by atoms with Crippen molar-refractivity contribution >= 4 is 22.9 Å². The first-order valence-electron chi connectivity index (χ1n) is 8.08. The standard InChI is InChI=1S/C19H19NO5S/c1-24-17-5-3-2-4-15(17)16(21)11-25-14-8-6-13(7-9-14)10-20-18(22)12-26-19(20)23/h2-9,16,21H,10-12H2,1H3. The summed E-state index contributed by atoms with van der Waals surface area (Å²) in [4.78, 5) is 24.5. The number of ether oxygens (including phenoxy) is 2. The number of carbonyl (C=O) groups excluding carboxylic acids is 2. The monoisotopic (exact) mass is 373 g/mol. The lowest BCUT2D eigenvalue weighted by atomic mass is 10.1. The van der Waals surface area contributed by atoms with Crippen LogP contribution in [0.15, 0.2) is 48.5 Å². The fourth-order valence-corrected chi connectivity index (χ4v) is 3.34. The Morgan fingerprint density at radius 3 is 2.54 bits per heavy atom. The lowest BCUT2D eigenvalue weighted by Crippen LogP contribution is -2.27. The number of thioether (sulfide) groups is 1. The van der Waals surface area contributed by atoms with Crippen molar-refractivity contribution in [1.29, 1.82) is 0 Å². The molecular formula is C19H19NO5S. The Kier molecular flexibility index (Phi) is 5.80. The number of benzene rings is 2. The smallest absolute Gasteiger partial charge is 0.289 e. The number of methoxy groups -OCH3 is 1. The van der Waals surface area contributed by atoms with Crippen LogP contribution in [0, 0.1) is 0 Å². The summed E-state index contributed by atoms with van der Waals surface area (Å²) >= 11 is 1.02. The van der Waals surface area contributed by atoms with Crippen LogP contribution in [0.1, 0.15) is 17.2 Å². The van der Waals surface area contributed by atoms with Crippen molar-refractivity contribution in [3.8, 4) is 11.5 Å². The molecule has 1 heterocycles. The number of carbonyl (C=O) groups is 2. The van der Waals surface area contributed by atoms with E-state index < -0.39 is 6.10 Å². The summed E-state index contributed by atoms with van der Waals surface area (Å²) in [6, 6.07) is 14.3. The molecule has 0 bridgehead atoms. The first-order valence-corrected chi connectivity index (χ1v) is 9.07. The summed E-state index contributed by atoms with van der Waals surface area (Å²) in [6.07, 6.45) is -0.817. The highest BCUT2D eigenvalue weighted by Gasteiger charge is 2.29. The number of aliphatic hydroxyl groups excluding tert-OH is 1. The van der Waals surface area contributed by atoms with Crippen LogP contribution in [-0.2, 0) is 11.3 Å². The molecule has 1 aliphatic heterocycles. The van der Waals surface area contributed by atoms with E-state index in [1.54, 1.807) is 43.5 Å². The second kappa shape index (κ2) is 8.25. The zero-order valence-electron chi connectivity index (χ0n) is 14.3. The van der Waals surface area contributed by atoms with Crippen LogP contribution in [0.25, 0.3) is 0 Å². The Balaban J connectivity index is 1.57. The first kappa shape index (κ1) is 18.3. The van der Waals surface area contributed by atoms with Gasteiger partial charge in [0.1, 0.15) is 24.2 Å². The highest BCUT2D eigenvalue weighted by Crippen LogP contribution is 2.26. The van der Waals surface area contributed by atoms with Gasteiger partial charge >= 0.3 is 0 Å². The van der Waals surface area contributed by atoms with E-state index in [9.17, 15) is 14.7 Å². The maximum atomic E-state index is 11.6. The minimum absolute atomic E-state index is 0.0828. The molecule has 136 valence electrons. The third-order valence-corrected chi connectivity index (χ3v) is 4.87. The van der Waals surface area contributed by atoms with Gasteiger partial charge in [-0.25, -0.2) is 0 Å². The fraction of sp³-hybridized carbons (Fsp3) is 0.263. The number of aliphatic hydroxyl groups is 1. The molecule has 1 aliphatic rings. The minimum atomic E-state index is -0.817. The molecule has 0 aliphatic carbocycles. The molecule has 26 heavy (non-hydrogen) atoms. The van der Waals surface area contributed by atoms with Gasteiger partial charge in [-0.05, 0) is 23.8 Å². The molecule has 0 saturated carbocycles. The van der Waals surface area contributed by atoms with Crippen LogP contribution in [0.3, 0.4) is 0 Å². The highest BCUT2D eigenvalue weighted by atomic mass is 32.2. The van der Waals surface area contributed by atoms with E-state index >= 15 is 0 Å². The average molecular weight is 373 g/mol. The Morgan fingerprint density at radius 1 is 1.15 bits per heavy atom. The van der Waals surface area contributed by atoms with Crippen LogP contribution in [0.4, 0.5) is 4.79 Å². The number of rotatable bonds is 7. The van der Waals surface area contributed by atoms with Gasteiger partial charge < -0.3 is 14.6 Å². The highest BCUT2D eigenvalue weighted by molar-refractivity contribution is 8.14. The minimum Gasteiger partial charge on any atom is -0.496 e. The molecule has 1 saturated heterocycles. The summed E-state index contributed by atoms with van der Waals surface area (Å²) in [5.74, 6) is 1.24. The van der Waals surface area contributed by atoms with Gasteiger partial charge in [0.2, 0.25) is 5.91 Å². The van der Waals surface area contributed by atoms with Gasteiger partial charge in [-0.1, -0.05) is 42.1 Å². The SMILES string of the molecule is COc1ccccc1C(O)COc1ccc(CN2C(=O)CSC2=O)cc1. The Hall–Kier alpha value is -2.51. The van der Waals surface area contributed by atoms with E-state index in [0.717, 1.165) is 17.3 Å². The molecule has 1 fully saturated rings. The zero-order valence-corrected chi connectivity index (χ0v) is 15.1. The van der Waals surface area contributed by atoms with E-state index in [-0.39, 0.29) is 30.1 Å². The van der Waals surface area contributed by atoms with Crippen LogP contribution < -0.4 is 9.47 Å². The van der Waals surface area contributed by atoms with Crippen LogP contribution in [0.5, 0.6) is 11.5 Å². The number of nitrogens with zero attached hydrogens (tertiary/aromatic N) is 1. The number of hydrogen-bond acceptors (Lipinski definition) is 6. The van der Waals surface area contributed by atoms with Gasteiger partial charge in [0, 0.05) is 5.56 Å². The number of imide groups is 1. The predicted molar refractivity (Wildman–Crippen MR) is 98.3 cm³/mol. The lowest BCUT2D eigenvalue weighted by Gasteiger charge is -2.16. The molecule has 2 aromatic rings. The van der Waals surface area contributed by atoms with E-state index in [1.807, 2.05) is 12.1 Å². The largest absolute Gasteiger partial charge is 0.496 e. The van der Waals surface area contributed by atoms with Gasteiger partial charge in [-0.15, -0.1) is 0 Å². The second-order valence-electron chi connectivity index (χ2n) is 5.75. The summed E-state index contributed by atoms with van der Waals surface area (Å²) < 4.78 is 10.9. The van der Waals surface area contributed by atoms with Crippen molar-refractivity contribution in [3.05, 3.63) is 59.7 Å². The maximum Gasteiger partial charge on any atom is 0.289 e. The molecular weight excluding hydrogens is 354 g/mol. The van der Waals surface area contributed by atoms with Gasteiger partial charge in [0.25, 0.3) is 5.24 Å². The zero-order chi connectivity index (χ0) is 18.5. The van der Waals surface area contributed by atoms with Crippen molar-refractivity contribution in [2.75, 3.05) is 19.5 Å². The molecule has 1 atom stereocenters. The van der Waals surface area contributed by atoms with E-state index in [0.29, 0.717) is 17.1 Å². The van der Waals surface area contributed by atoms with Gasteiger partial charge in [-0.2, -0.15) is 0 Å². The Morgan fingerprint density at radius 2 is 1.88 bits per heavy atom. The summed E-state index contributed by atoms with van der Waals surface area (Å²) in [7, 11) is 1.56. The first-order chi connectivity index (χ1) is 12.6. The van der Waals surface area contributed by atoms with Crippen LogP contribution in [0.2, 0.25) is 0 Å². The van der Waals surface area contributed by atoms with Crippen molar-refractivity contribution in [1.82, 2.24) is 4.90 Å². The van der Waals surface area contributed by atoms with Crippen LogP contribution >= 0.6 is 11.8 Å². The summed E-state index contributed by atoms with van der Waals surface area (Å²) in [6.45, 7) is 0.342. The third kappa shape index (κ3) is 4.17. The van der Waals surface area contributed by atoms with Crippen molar-refractivity contribution in [2.24, 2.45) is 0 Å². The molecule has 1 N–H and O–H groups in total. The predicted octanol–water partition coefficient (Wildman–Crippen LogP) is 3.00.